The Morgan fingerprint density at radius 2 is 2.12 bits per heavy atom. The number of ether oxygens (including phenoxy) is 1. The van der Waals surface area contributed by atoms with E-state index in [2.05, 4.69) is 26.0 Å². The molecule has 0 aliphatic heterocycles. The van der Waals surface area contributed by atoms with Crippen molar-refractivity contribution in [3.8, 4) is 5.75 Å². The third kappa shape index (κ3) is 2.95. The monoisotopic (exact) mass is 252 g/mol. The van der Waals surface area contributed by atoms with Crippen molar-refractivity contribution in [2.45, 2.75) is 39.0 Å². The second kappa shape index (κ2) is 5.30. The Morgan fingerprint density at radius 3 is 2.71 bits per heavy atom. The molecule has 2 atom stereocenters. The number of rotatable bonds is 5. The van der Waals surface area contributed by atoms with E-state index >= 15 is 0 Å². The Hall–Kier alpha value is -0.690. The van der Waals surface area contributed by atoms with Gasteiger partial charge in [0.15, 0.2) is 0 Å². The molecule has 2 unspecified atom stereocenters. The van der Waals surface area contributed by atoms with Crippen LogP contribution in [0.1, 0.15) is 43.2 Å². The largest absolute Gasteiger partial charge is 0.494 e. The molecule has 94 valence electrons. The van der Waals surface area contributed by atoms with E-state index in [9.17, 15) is 0 Å². The molecule has 1 nitrogen and oxygen atoms in total. The summed E-state index contributed by atoms with van der Waals surface area (Å²) in [5.41, 5.74) is 2.41. The summed E-state index contributed by atoms with van der Waals surface area (Å²) in [7, 11) is 0. The highest BCUT2D eigenvalue weighted by molar-refractivity contribution is 6.21. The van der Waals surface area contributed by atoms with Crippen LogP contribution in [-0.4, -0.2) is 6.61 Å². The van der Waals surface area contributed by atoms with Gasteiger partial charge in [-0.05, 0) is 44.6 Å². The van der Waals surface area contributed by atoms with Gasteiger partial charge < -0.3 is 4.74 Å². The Kier molecular flexibility index (Phi) is 3.98. The van der Waals surface area contributed by atoms with Crippen LogP contribution >= 0.6 is 11.6 Å². The van der Waals surface area contributed by atoms with Crippen LogP contribution in [0, 0.1) is 18.8 Å². The third-order valence-corrected chi connectivity index (χ3v) is 4.22. The summed E-state index contributed by atoms with van der Waals surface area (Å²) in [6.07, 6.45) is 2.67. The maximum absolute atomic E-state index is 6.62. The average molecular weight is 253 g/mol. The minimum atomic E-state index is 0.0731. The SMILES string of the molecule is CCOc1ccc(C)cc1C(Cl)C(C)C1CC1. The van der Waals surface area contributed by atoms with Crippen LogP contribution in [0.15, 0.2) is 18.2 Å². The van der Waals surface area contributed by atoms with Crippen LogP contribution < -0.4 is 4.74 Å². The van der Waals surface area contributed by atoms with Gasteiger partial charge in [0.2, 0.25) is 0 Å². The zero-order chi connectivity index (χ0) is 12.4. The maximum atomic E-state index is 6.62. The molecule has 0 saturated heterocycles. The summed E-state index contributed by atoms with van der Waals surface area (Å²) in [6.45, 7) is 7.06. The minimum absolute atomic E-state index is 0.0731. The quantitative estimate of drug-likeness (QED) is 0.689. The van der Waals surface area contributed by atoms with Gasteiger partial charge >= 0.3 is 0 Å². The molecule has 1 aliphatic carbocycles. The number of hydrogen-bond acceptors (Lipinski definition) is 1. The molecular formula is C15H21ClO. The predicted molar refractivity (Wildman–Crippen MR) is 72.8 cm³/mol. The molecule has 0 heterocycles. The van der Waals surface area contributed by atoms with Gasteiger partial charge in [0.25, 0.3) is 0 Å². The molecule has 1 aromatic rings. The summed E-state index contributed by atoms with van der Waals surface area (Å²) < 4.78 is 5.68. The normalized spacial score (nSPS) is 18.8. The fourth-order valence-corrected chi connectivity index (χ4v) is 2.69. The minimum Gasteiger partial charge on any atom is -0.494 e. The molecule has 1 aromatic carbocycles. The van der Waals surface area contributed by atoms with Crippen molar-refractivity contribution in [2.24, 2.45) is 11.8 Å². The Bertz CT molecular complexity index is 385. The Labute approximate surface area is 109 Å². The summed E-state index contributed by atoms with van der Waals surface area (Å²) in [5, 5.41) is 0.0731. The van der Waals surface area contributed by atoms with Crippen molar-refractivity contribution >= 4 is 11.6 Å². The first-order valence-electron chi connectivity index (χ1n) is 6.51. The second-order valence-corrected chi connectivity index (χ2v) is 5.54. The molecule has 0 radical (unpaired) electrons. The van der Waals surface area contributed by atoms with Crippen LogP contribution in [0.25, 0.3) is 0 Å². The van der Waals surface area contributed by atoms with E-state index in [1.165, 1.54) is 18.4 Å². The number of benzene rings is 1. The van der Waals surface area contributed by atoms with Crippen LogP contribution in [0.5, 0.6) is 5.75 Å². The fourth-order valence-electron chi connectivity index (χ4n) is 2.31. The highest BCUT2D eigenvalue weighted by atomic mass is 35.5. The zero-order valence-electron chi connectivity index (χ0n) is 10.9. The standard InChI is InChI=1S/C15H21ClO/c1-4-17-14-8-5-10(2)9-13(14)15(16)11(3)12-6-7-12/h5,8-9,11-12,15H,4,6-7H2,1-3H3. The predicted octanol–water partition coefficient (Wildman–Crippen LogP) is 4.72. The van der Waals surface area contributed by atoms with Crippen molar-refractivity contribution in [1.82, 2.24) is 0 Å². The molecule has 0 N–H and O–H groups in total. The number of halogens is 1. The van der Waals surface area contributed by atoms with Crippen LogP contribution in [0.3, 0.4) is 0 Å². The Morgan fingerprint density at radius 1 is 1.41 bits per heavy atom. The van der Waals surface area contributed by atoms with Crippen molar-refractivity contribution in [3.05, 3.63) is 29.3 Å². The van der Waals surface area contributed by atoms with Gasteiger partial charge in [0.05, 0.1) is 12.0 Å². The van der Waals surface area contributed by atoms with Gasteiger partial charge in [0, 0.05) is 5.56 Å². The fraction of sp³-hybridized carbons (Fsp3) is 0.600. The van der Waals surface area contributed by atoms with Crippen molar-refractivity contribution in [2.75, 3.05) is 6.61 Å². The van der Waals surface area contributed by atoms with E-state index in [0.29, 0.717) is 12.5 Å². The molecule has 0 spiro atoms. The molecular weight excluding hydrogens is 232 g/mol. The van der Waals surface area contributed by atoms with Crippen molar-refractivity contribution in [1.29, 1.82) is 0 Å². The third-order valence-electron chi connectivity index (χ3n) is 3.59. The second-order valence-electron chi connectivity index (χ2n) is 5.07. The van der Waals surface area contributed by atoms with Crippen LogP contribution in [0.4, 0.5) is 0 Å². The summed E-state index contributed by atoms with van der Waals surface area (Å²) >= 11 is 6.62. The average Bonchev–Trinajstić information content (AvgIpc) is 3.14. The highest BCUT2D eigenvalue weighted by Gasteiger charge is 2.34. The Balaban J connectivity index is 2.24. The highest BCUT2D eigenvalue weighted by Crippen LogP contribution is 2.47. The van der Waals surface area contributed by atoms with Crippen LogP contribution in [0.2, 0.25) is 0 Å². The first kappa shape index (κ1) is 12.8. The number of hydrogen-bond donors (Lipinski definition) is 0. The molecule has 2 rings (SSSR count). The summed E-state index contributed by atoms with van der Waals surface area (Å²) in [6, 6.07) is 6.30. The van der Waals surface area contributed by atoms with E-state index in [0.717, 1.165) is 17.2 Å². The van der Waals surface area contributed by atoms with Gasteiger partial charge in [-0.1, -0.05) is 24.6 Å². The van der Waals surface area contributed by atoms with E-state index in [-0.39, 0.29) is 5.38 Å². The van der Waals surface area contributed by atoms with E-state index < -0.39 is 0 Å². The molecule has 1 aliphatic rings. The van der Waals surface area contributed by atoms with E-state index in [4.69, 9.17) is 16.3 Å². The lowest BCUT2D eigenvalue weighted by Crippen LogP contribution is -2.08. The van der Waals surface area contributed by atoms with Gasteiger partial charge in [0.1, 0.15) is 5.75 Å². The first-order valence-corrected chi connectivity index (χ1v) is 6.94. The smallest absolute Gasteiger partial charge is 0.123 e. The molecule has 2 heteroatoms. The van der Waals surface area contributed by atoms with Gasteiger partial charge in [-0.2, -0.15) is 0 Å². The first-order chi connectivity index (χ1) is 8.13. The molecule has 0 bridgehead atoms. The maximum Gasteiger partial charge on any atom is 0.123 e. The topological polar surface area (TPSA) is 9.23 Å². The van der Waals surface area contributed by atoms with E-state index in [1.807, 2.05) is 13.0 Å². The van der Waals surface area contributed by atoms with Crippen molar-refractivity contribution in [3.63, 3.8) is 0 Å². The van der Waals surface area contributed by atoms with Crippen LogP contribution in [-0.2, 0) is 0 Å². The van der Waals surface area contributed by atoms with Gasteiger partial charge in [-0.25, -0.2) is 0 Å². The lowest BCUT2D eigenvalue weighted by Gasteiger charge is -2.21. The van der Waals surface area contributed by atoms with Crippen molar-refractivity contribution < 1.29 is 4.74 Å². The van der Waals surface area contributed by atoms with Gasteiger partial charge in [-0.3, -0.25) is 0 Å². The van der Waals surface area contributed by atoms with Gasteiger partial charge in [-0.15, -0.1) is 11.6 Å². The number of aryl methyl sites for hydroxylation is 1. The number of alkyl halides is 1. The zero-order valence-corrected chi connectivity index (χ0v) is 11.6. The van der Waals surface area contributed by atoms with E-state index in [1.54, 1.807) is 0 Å². The lowest BCUT2D eigenvalue weighted by molar-refractivity contribution is 0.332. The molecule has 1 saturated carbocycles. The molecule has 0 amide bonds. The molecule has 1 fully saturated rings. The lowest BCUT2D eigenvalue weighted by atomic mass is 9.94. The molecule has 17 heavy (non-hydrogen) atoms. The summed E-state index contributed by atoms with van der Waals surface area (Å²) in [4.78, 5) is 0. The summed E-state index contributed by atoms with van der Waals surface area (Å²) in [5.74, 6) is 2.30. The molecule has 0 aromatic heterocycles.